The average Bonchev–Trinajstić information content (AvgIpc) is 2.95. The zero-order valence-electron chi connectivity index (χ0n) is 10.1. The molecule has 0 aliphatic carbocycles. The van der Waals surface area contributed by atoms with Crippen LogP contribution < -0.4 is 5.73 Å². The lowest BCUT2D eigenvalue weighted by Gasteiger charge is -2.15. The summed E-state index contributed by atoms with van der Waals surface area (Å²) in [6, 6.07) is 1.20. The highest BCUT2D eigenvalue weighted by Gasteiger charge is 2.34. The number of hydrogen-bond acceptors (Lipinski definition) is 6. The molecule has 1 aliphatic heterocycles. The van der Waals surface area contributed by atoms with E-state index in [9.17, 15) is 13.2 Å². The zero-order valence-corrected chi connectivity index (χ0v) is 13.3. The number of sulfonamides is 1. The SMILES string of the molecule is COC(=O)c1cc(S(=O)(=O)N2CC[C@@H](N)C2)c(Br)s1. The van der Waals surface area contributed by atoms with E-state index in [4.69, 9.17) is 5.73 Å². The number of nitrogens with zero attached hydrogens (tertiary/aromatic N) is 1. The second-order valence-corrected chi connectivity index (χ2v) is 8.43. The van der Waals surface area contributed by atoms with E-state index in [0.29, 0.717) is 23.3 Å². The van der Waals surface area contributed by atoms with Crippen molar-refractivity contribution in [2.45, 2.75) is 17.4 Å². The van der Waals surface area contributed by atoms with Crippen LogP contribution in [0.15, 0.2) is 14.7 Å². The second kappa shape index (κ2) is 5.49. The molecule has 106 valence electrons. The number of esters is 1. The van der Waals surface area contributed by atoms with Crippen LogP contribution in [0.5, 0.6) is 0 Å². The first-order valence-corrected chi connectivity index (χ1v) is 8.54. The van der Waals surface area contributed by atoms with Crippen molar-refractivity contribution in [2.75, 3.05) is 20.2 Å². The molecular weight excluding hydrogens is 356 g/mol. The number of thiophene rings is 1. The van der Waals surface area contributed by atoms with E-state index in [1.165, 1.54) is 17.5 Å². The van der Waals surface area contributed by atoms with Gasteiger partial charge in [-0.25, -0.2) is 13.2 Å². The summed E-state index contributed by atoms with van der Waals surface area (Å²) in [5, 5.41) is 0. The Bertz CT molecular complexity index is 599. The van der Waals surface area contributed by atoms with Gasteiger partial charge < -0.3 is 10.5 Å². The van der Waals surface area contributed by atoms with E-state index >= 15 is 0 Å². The molecule has 1 atom stereocenters. The van der Waals surface area contributed by atoms with Crippen LogP contribution in [0.25, 0.3) is 0 Å². The summed E-state index contributed by atoms with van der Waals surface area (Å²) < 4.78 is 31.2. The lowest BCUT2D eigenvalue weighted by atomic mass is 10.3. The number of rotatable bonds is 3. The first-order valence-electron chi connectivity index (χ1n) is 5.49. The fourth-order valence-corrected chi connectivity index (χ4v) is 5.78. The molecule has 0 bridgehead atoms. The number of ether oxygens (including phenoxy) is 1. The molecule has 2 N–H and O–H groups in total. The fourth-order valence-electron chi connectivity index (χ4n) is 1.84. The van der Waals surface area contributed by atoms with Crippen molar-refractivity contribution in [3.05, 3.63) is 14.7 Å². The second-order valence-electron chi connectivity index (χ2n) is 4.15. The standard InChI is InChI=1S/C10H13BrN2O4S2/c1-17-10(14)7-4-8(9(11)18-7)19(15,16)13-3-2-6(12)5-13/h4,6H,2-3,5,12H2,1H3/t6-/m1/s1. The lowest BCUT2D eigenvalue weighted by Crippen LogP contribution is -2.31. The molecule has 6 nitrogen and oxygen atoms in total. The first kappa shape index (κ1) is 14.9. The van der Waals surface area contributed by atoms with Gasteiger partial charge in [0.25, 0.3) is 0 Å². The summed E-state index contributed by atoms with van der Waals surface area (Å²) in [6.45, 7) is 0.706. The molecule has 2 heterocycles. The average molecular weight is 369 g/mol. The van der Waals surface area contributed by atoms with Crippen LogP contribution in [0.3, 0.4) is 0 Å². The van der Waals surface area contributed by atoms with Gasteiger partial charge in [-0.15, -0.1) is 11.3 Å². The summed E-state index contributed by atoms with van der Waals surface area (Å²) in [4.78, 5) is 11.8. The van der Waals surface area contributed by atoms with Gasteiger partial charge in [0.05, 0.1) is 10.9 Å². The third-order valence-electron chi connectivity index (χ3n) is 2.85. The van der Waals surface area contributed by atoms with E-state index < -0.39 is 16.0 Å². The topological polar surface area (TPSA) is 89.7 Å². The molecule has 1 saturated heterocycles. The molecule has 9 heteroatoms. The summed E-state index contributed by atoms with van der Waals surface area (Å²) in [5.41, 5.74) is 5.72. The van der Waals surface area contributed by atoms with E-state index in [1.54, 1.807) is 0 Å². The Balaban J connectivity index is 2.36. The Morgan fingerprint density at radius 2 is 2.32 bits per heavy atom. The molecule has 0 radical (unpaired) electrons. The molecule has 19 heavy (non-hydrogen) atoms. The highest BCUT2D eigenvalue weighted by molar-refractivity contribution is 9.11. The Morgan fingerprint density at radius 3 is 2.84 bits per heavy atom. The highest BCUT2D eigenvalue weighted by Crippen LogP contribution is 2.34. The molecule has 0 unspecified atom stereocenters. The Labute approximate surface area is 123 Å². The van der Waals surface area contributed by atoms with Gasteiger partial charge >= 0.3 is 5.97 Å². The third-order valence-corrected chi connectivity index (χ3v) is 6.94. The van der Waals surface area contributed by atoms with Crippen molar-refractivity contribution in [2.24, 2.45) is 5.73 Å². The van der Waals surface area contributed by atoms with Crippen molar-refractivity contribution >= 4 is 43.3 Å². The molecule has 0 spiro atoms. The first-order chi connectivity index (χ1) is 8.86. The van der Waals surface area contributed by atoms with Crippen LogP contribution in [-0.2, 0) is 14.8 Å². The van der Waals surface area contributed by atoms with Gasteiger partial charge in [0, 0.05) is 19.1 Å². The van der Waals surface area contributed by atoms with Crippen molar-refractivity contribution in [1.29, 1.82) is 0 Å². The number of hydrogen-bond donors (Lipinski definition) is 1. The van der Waals surface area contributed by atoms with Gasteiger partial charge in [-0.1, -0.05) is 0 Å². The van der Waals surface area contributed by atoms with Gasteiger partial charge in [-0.3, -0.25) is 0 Å². The Hall–Kier alpha value is -0.480. The molecule has 1 aromatic heterocycles. The monoisotopic (exact) mass is 368 g/mol. The van der Waals surface area contributed by atoms with Crippen LogP contribution in [0.1, 0.15) is 16.1 Å². The highest BCUT2D eigenvalue weighted by atomic mass is 79.9. The molecular formula is C10H13BrN2O4S2. The molecule has 1 fully saturated rings. The van der Waals surface area contributed by atoms with Crippen molar-refractivity contribution in [1.82, 2.24) is 4.31 Å². The fraction of sp³-hybridized carbons (Fsp3) is 0.500. The van der Waals surface area contributed by atoms with E-state index in [0.717, 1.165) is 11.3 Å². The van der Waals surface area contributed by atoms with Crippen molar-refractivity contribution in [3.8, 4) is 0 Å². The van der Waals surface area contributed by atoms with Gasteiger partial charge in [0.1, 0.15) is 9.77 Å². The molecule has 0 amide bonds. The number of carbonyl (C=O) groups is 1. The molecule has 1 aromatic rings. The van der Waals surface area contributed by atoms with Gasteiger partial charge in [-0.05, 0) is 28.4 Å². The maximum absolute atomic E-state index is 12.4. The summed E-state index contributed by atoms with van der Waals surface area (Å²) >= 11 is 4.22. The maximum atomic E-state index is 12.4. The van der Waals surface area contributed by atoms with Crippen LogP contribution in [-0.4, -0.2) is 44.9 Å². The van der Waals surface area contributed by atoms with Crippen molar-refractivity contribution < 1.29 is 17.9 Å². The summed E-state index contributed by atoms with van der Waals surface area (Å²) in [5.74, 6) is -0.551. The minimum atomic E-state index is -3.61. The number of methoxy groups -OCH3 is 1. The molecule has 0 saturated carbocycles. The normalized spacial score (nSPS) is 20.7. The minimum absolute atomic E-state index is 0.0898. The Morgan fingerprint density at radius 1 is 1.63 bits per heavy atom. The molecule has 0 aromatic carbocycles. The maximum Gasteiger partial charge on any atom is 0.348 e. The predicted octanol–water partition coefficient (Wildman–Crippen LogP) is 1.02. The van der Waals surface area contributed by atoms with Crippen LogP contribution >= 0.6 is 27.3 Å². The summed E-state index contributed by atoms with van der Waals surface area (Å²) in [7, 11) is -2.36. The van der Waals surface area contributed by atoms with Gasteiger partial charge in [0.2, 0.25) is 10.0 Å². The number of carbonyl (C=O) groups excluding carboxylic acids is 1. The third kappa shape index (κ3) is 2.84. The molecule has 1 aliphatic rings. The van der Waals surface area contributed by atoms with Crippen LogP contribution in [0.4, 0.5) is 0 Å². The number of halogens is 1. The smallest absolute Gasteiger partial charge is 0.348 e. The van der Waals surface area contributed by atoms with Crippen LogP contribution in [0, 0.1) is 0 Å². The molecule has 2 rings (SSSR count). The van der Waals surface area contributed by atoms with Gasteiger partial charge in [-0.2, -0.15) is 4.31 Å². The minimum Gasteiger partial charge on any atom is -0.465 e. The Kier molecular flexibility index (Phi) is 4.31. The van der Waals surface area contributed by atoms with E-state index in [1.807, 2.05) is 0 Å². The quantitative estimate of drug-likeness (QED) is 0.804. The van der Waals surface area contributed by atoms with E-state index in [-0.39, 0.29) is 15.8 Å². The van der Waals surface area contributed by atoms with Crippen LogP contribution in [0.2, 0.25) is 0 Å². The van der Waals surface area contributed by atoms with E-state index in [2.05, 4.69) is 20.7 Å². The largest absolute Gasteiger partial charge is 0.465 e. The van der Waals surface area contributed by atoms with Gasteiger partial charge in [0.15, 0.2) is 0 Å². The van der Waals surface area contributed by atoms with Crippen molar-refractivity contribution in [3.63, 3.8) is 0 Å². The lowest BCUT2D eigenvalue weighted by molar-refractivity contribution is 0.0606. The zero-order chi connectivity index (χ0) is 14.2. The predicted molar refractivity (Wildman–Crippen MR) is 74.7 cm³/mol. The number of nitrogens with two attached hydrogens (primary N) is 1. The summed E-state index contributed by atoms with van der Waals surface area (Å²) in [6.07, 6.45) is 0.644.